The lowest BCUT2D eigenvalue weighted by Crippen LogP contribution is -2.46. The maximum atomic E-state index is 12.1. The molecule has 1 unspecified atom stereocenters. The first-order valence-electron chi connectivity index (χ1n) is 6.64. The lowest BCUT2D eigenvalue weighted by Gasteiger charge is -2.17. The summed E-state index contributed by atoms with van der Waals surface area (Å²) in [6.07, 6.45) is 0. The summed E-state index contributed by atoms with van der Waals surface area (Å²) in [6.45, 7) is 2.33. The van der Waals surface area contributed by atoms with E-state index >= 15 is 0 Å². The highest BCUT2D eigenvalue weighted by Gasteiger charge is 2.31. The molecule has 1 amide bonds. The Balaban J connectivity index is 2.19. The van der Waals surface area contributed by atoms with Crippen LogP contribution >= 0.6 is 15.9 Å². The second-order valence-corrected chi connectivity index (χ2v) is 6.09. The van der Waals surface area contributed by atoms with Crippen molar-refractivity contribution in [2.75, 3.05) is 6.54 Å². The fourth-order valence-electron chi connectivity index (χ4n) is 1.80. The summed E-state index contributed by atoms with van der Waals surface area (Å²) in [5.74, 6) is -2.03. The van der Waals surface area contributed by atoms with E-state index < -0.39 is 24.0 Å². The molecule has 1 atom stereocenters. The van der Waals surface area contributed by atoms with Crippen LogP contribution in [0.2, 0.25) is 0 Å². The minimum Gasteiger partial charge on any atom is -0.479 e. The molecule has 3 N–H and O–H groups in total. The SMILES string of the molecule is Cc1c(C(=O)NCC(C)(O)C(=O)O)nnn1-c1cccc(Br)c1. The van der Waals surface area contributed by atoms with Gasteiger partial charge in [-0.3, -0.25) is 4.79 Å². The molecule has 9 heteroatoms. The van der Waals surface area contributed by atoms with E-state index in [1.165, 1.54) is 4.68 Å². The predicted molar refractivity (Wildman–Crippen MR) is 84.4 cm³/mol. The zero-order chi connectivity index (χ0) is 17.2. The number of aliphatic hydroxyl groups is 1. The number of nitrogens with zero attached hydrogens (tertiary/aromatic N) is 3. The molecule has 0 bridgehead atoms. The van der Waals surface area contributed by atoms with Crippen molar-refractivity contribution < 1.29 is 19.8 Å². The Morgan fingerprint density at radius 2 is 2.13 bits per heavy atom. The van der Waals surface area contributed by atoms with Crippen LogP contribution in [0.4, 0.5) is 0 Å². The third-order valence-electron chi connectivity index (χ3n) is 3.22. The monoisotopic (exact) mass is 382 g/mol. The first kappa shape index (κ1) is 17.1. The molecule has 2 rings (SSSR count). The van der Waals surface area contributed by atoms with Gasteiger partial charge in [0.2, 0.25) is 0 Å². The van der Waals surface area contributed by atoms with Crippen molar-refractivity contribution >= 4 is 27.8 Å². The number of halogens is 1. The maximum absolute atomic E-state index is 12.1. The third kappa shape index (κ3) is 3.74. The lowest BCUT2D eigenvalue weighted by molar-refractivity contribution is -0.155. The highest BCUT2D eigenvalue weighted by Crippen LogP contribution is 2.17. The van der Waals surface area contributed by atoms with Crippen LogP contribution in [0.25, 0.3) is 5.69 Å². The number of hydrogen-bond acceptors (Lipinski definition) is 5. The summed E-state index contributed by atoms with van der Waals surface area (Å²) in [6, 6.07) is 7.31. The number of carboxylic acid groups (broad SMARTS) is 1. The summed E-state index contributed by atoms with van der Waals surface area (Å²) in [7, 11) is 0. The molecular formula is C14H15BrN4O4. The molecule has 0 aliphatic rings. The molecule has 1 heterocycles. The summed E-state index contributed by atoms with van der Waals surface area (Å²) >= 11 is 3.36. The average molecular weight is 383 g/mol. The average Bonchev–Trinajstić information content (AvgIpc) is 2.86. The number of aromatic nitrogens is 3. The number of rotatable bonds is 5. The van der Waals surface area contributed by atoms with Gasteiger partial charge in [0.25, 0.3) is 5.91 Å². The van der Waals surface area contributed by atoms with Crippen molar-refractivity contribution in [1.82, 2.24) is 20.3 Å². The van der Waals surface area contributed by atoms with Crippen LogP contribution in [0.5, 0.6) is 0 Å². The Morgan fingerprint density at radius 1 is 1.43 bits per heavy atom. The molecule has 1 aromatic carbocycles. The largest absolute Gasteiger partial charge is 0.479 e. The van der Waals surface area contributed by atoms with E-state index in [0.29, 0.717) is 5.69 Å². The van der Waals surface area contributed by atoms with Crippen molar-refractivity contribution in [3.8, 4) is 5.69 Å². The number of aliphatic carboxylic acids is 1. The first-order chi connectivity index (χ1) is 10.7. The number of carbonyl (C=O) groups excluding carboxylic acids is 1. The molecule has 0 saturated heterocycles. The van der Waals surface area contributed by atoms with Gasteiger partial charge in [-0.05, 0) is 32.0 Å². The molecule has 122 valence electrons. The summed E-state index contributed by atoms with van der Waals surface area (Å²) in [4.78, 5) is 22.9. The van der Waals surface area contributed by atoms with Gasteiger partial charge in [0, 0.05) is 4.47 Å². The van der Waals surface area contributed by atoms with Gasteiger partial charge in [0.1, 0.15) is 0 Å². The predicted octanol–water partition coefficient (Wildman–Crippen LogP) is 0.904. The van der Waals surface area contributed by atoms with Crippen molar-refractivity contribution in [1.29, 1.82) is 0 Å². The van der Waals surface area contributed by atoms with Crippen molar-refractivity contribution in [3.05, 3.63) is 40.1 Å². The Kier molecular flexibility index (Phi) is 4.81. The van der Waals surface area contributed by atoms with Gasteiger partial charge in [-0.25, -0.2) is 9.48 Å². The summed E-state index contributed by atoms with van der Waals surface area (Å²) < 4.78 is 2.35. The van der Waals surface area contributed by atoms with Crippen LogP contribution in [0.3, 0.4) is 0 Å². The normalized spacial score (nSPS) is 13.4. The van der Waals surface area contributed by atoms with Crippen molar-refractivity contribution in [2.45, 2.75) is 19.4 Å². The molecule has 0 fully saturated rings. The van der Waals surface area contributed by atoms with Gasteiger partial charge in [-0.1, -0.05) is 27.2 Å². The summed E-state index contributed by atoms with van der Waals surface area (Å²) in [5, 5.41) is 28.5. The Morgan fingerprint density at radius 3 is 2.74 bits per heavy atom. The van der Waals surface area contributed by atoms with Crippen LogP contribution in [0.1, 0.15) is 23.1 Å². The fourth-order valence-corrected chi connectivity index (χ4v) is 2.19. The summed E-state index contributed by atoms with van der Waals surface area (Å²) in [5.41, 5.74) is -0.771. The smallest absolute Gasteiger partial charge is 0.337 e. The van der Waals surface area contributed by atoms with Gasteiger partial charge >= 0.3 is 5.97 Å². The molecule has 0 saturated carbocycles. The second kappa shape index (κ2) is 6.47. The van der Waals surface area contributed by atoms with E-state index in [1.807, 2.05) is 24.3 Å². The van der Waals surface area contributed by atoms with Crippen LogP contribution < -0.4 is 5.32 Å². The highest BCUT2D eigenvalue weighted by molar-refractivity contribution is 9.10. The zero-order valence-corrected chi connectivity index (χ0v) is 14.0. The minimum atomic E-state index is -2.05. The van der Waals surface area contributed by atoms with E-state index in [4.69, 9.17) is 5.11 Å². The van der Waals surface area contributed by atoms with E-state index in [0.717, 1.165) is 17.1 Å². The maximum Gasteiger partial charge on any atom is 0.337 e. The number of benzene rings is 1. The molecule has 0 radical (unpaired) electrons. The number of nitrogens with one attached hydrogen (secondary N) is 1. The van der Waals surface area contributed by atoms with Gasteiger partial charge in [0.05, 0.1) is 17.9 Å². The van der Waals surface area contributed by atoms with Crippen LogP contribution in [0.15, 0.2) is 28.7 Å². The van der Waals surface area contributed by atoms with Gasteiger partial charge in [-0.15, -0.1) is 5.10 Å². The Hall–Kier alpha value is -2.26. The fraction of sp³-hybridized carbons (Fsp3) is 0.286. The molecule has 23 heavy (non-hydrogen) atoms. The molecule has 2 aromatic rings. The van der Waals surface area contributed by atoms with Gasteiger partial charge < -0.3 is 15.5 Å². The molecule has 0 aliphatic carbocycles. The zero-order valence-electron chi connectivity index (χ0n) is 12.4. The van der Waals surface area contributed by atoms with Crippen molar-refractivity contribution in [3.63, 3.8) is 0 Å². The van der Waals surface area contributed by atoms with E-state index in [2.05, 4.69) is 31.6 Å². The third-order valence-corrected chi connectivity index (χ3v) is 3.71. The topological polar surface area (TPSA) is 117 Å². The van der Waals surface area contributed by atoms with E-state index in [1.54, 1.807) is 6.92 Å². The van der Waals surface area contributed by atoms with Crippen LogP contribution in [0, 0.1) is 6.92 Å². The number of hydrogen-bond donors (Lipinski definition) is 3. The standard InChI is InChI=1S/C14H15BrN4O4/c1-8-11(12(20)16-7-14(2,23)13(21)22)17-18-19(8)10-5-3-4-9(15)6-10/h3-6,23H,7H2,1-2H3,(H,16,20)(H,21,22). The lowest BCUT2D eigenvalue weighted by atomic mass is 10.1. The second-order valence-electron chi connectivity index (χ2n) is 5.18. The minimum absolute atomic E-state index is 0.0613. The molecule has 8 nitrogen and oxygen atoms in total. The molecule has 0 aliphatic heterocycles. The van der Waals surface area contributed by atoms with E-state index in [-0.39, 0.29) is 5.69 Å². The highest BCUT2D eigenvalue weighted by atomic mass is 79.9. The molecular weight excluding hydrogens is 368 g/mol. The van der Waals surface area contributed by atoms with E-state index in [9.17, 15) is 14.7 Å². The van der Waals surface area contributed by atoms with Crippen LogP contribution in [-0.2, 0) is 4.79 Å². The quantitative estimate of drug-likeness (QED) is 0.707. The number of amides is 1. The van der Waals surface area contributed by atoms with Gasteiger partial charge in [-0.2, -0.15) is 0 Å². The number of carbonyl (C=O) groups is 2. The van der Waals surface area contributed by atoms with Crippen molar-refractivity contribution in [2.24, 2.45) is 0 Å². The van der Waals surface area contributed by atoms with Crippen LogP contribution in [-0.4, -0.2) is 49.2 Å². The molecule has 0 spiro atoms. The first-order valence-corrected chi connectivity index (χ1v) is 7.44. The Bertz CT molecular complexity index is 757. The van der Waals surface area contributed by atoms with Gasteiger partial charge in [0.15, 0.2) is 11.3 Å². The molecule has 1 aromatic heterocycles. The Labute approximate surface area is 140 Å². The number of carboxylic acids is 1.